The average molecular weight is 447 g/mol. The van der Waals surface area contributed by atoms with Gasteiger partial charge in [-0.25, -0.2) is 9.78 Å². The lowest BCUT2D eigenvalue weighted by Gasteiger charge is -2.33. The quantitative estimate of drug-likeness (QED) is 0.705. The van der Waals surface area contributed by atoms with E-state index in [9.17, 15) is 9.59 Å². The van der Waals surface area contributed by atoms with Gasteiger partial charge in [-0.05, 0) is 54.5 Å². The van der Waals surface area contributed by atoms with Gasteiger partial charge in [0.25, 0.3) is 5.91 Å². The number of piperidine rings is 1. The number of aromatic nitrogens is 1. The molecule has 0 aliphatic carbocycles. The highest BCUT2D eigenvalue weighted by Gasteiger charge is 2.52. The summed E-state index contributed by atoms with van der Waals surface area (Å²) < 4.78 is 23.5. The standard InChI is InChI=1S/C22H34BN3O6/c1-20(2,3)30-19(28)26-10-8-15(9-11-26)29-18-16(17(24)27)12-14(13-25-18)23-31-21(4,5)22(6,7)32-23/h12-13,15H,8-11H2,1-7H3,(H2,24,27). The van der Waals surface area contributed by atoms with Gasteiger partial charge in [0.1, 0.15) is 17.3 Å². The second-order valence-electron chi connectivity index (χ2n) is 10.4. The van der Waals surface area contributed by atoms with Crippen LogP contribution in [0.15, 0.2) is 12.3 Å². The third-order valence-corrected chi connectivity index (χ3v) is 6.04. The van der Waals surface area contributed by atoms with Gasteiger partial charge in [0.05, 0.1) is 11.2 Å². The zero-order chi connectivity index (χ0) is 23.9. The number of carbonyl (C=O) groups excluding carboxylic acids is 2. The van der Waals surface area contributed by atoms with Crippen LogP contribution in [0.2, 0.25) is 0 Å². The molecule has 0 unspecified atom stereocenters. The molecule has 1 aromatic heterocycles. The van der Waals surface area contributed by atoms with Crippen molar-refractivity contribution in [3.63, 3.8) is 0 Å². The van der Waals surface area contributed by atoms with E-state index in [0.717, 1.165) is 0 Å². The number of nitrogens with two attached hydrogens (primary N) is 1. The molecule has 2 aliphatic heterocycles. The molecule has 0 aromatic carbocycles. The average Bonchev–Trinajstić information content (AvgIpc) is 2.88. The normalized spacial score (nSPS) is 20.8. The number of rotatable bonds is 4. The largest absolute Gasteiger partial charge is 0.496 e. The molecule has 1 aromatic rings. The lowest BCUT2D eigenvalue weighted by Crippen LogP contribution is -2.44. The molecule has 2 aliphatic rings. The SMILES string of the molecule is CC(C)(C)OC(=O)N1CCC(Oc2ncc(B3OC(C)(C)C(C)(C)O3)cc2C(N)=O)CC1. The van der Waals surface area contributed by atoms with Crippen LogP contribution < -0.4 is 15.9 Å². The van der Waals surface area contributed by atoms with Crippen LogP contribution in [0.3, 0.4) is 0 Å². The number of hydrogen-bond acceptors (Lipinski definition) is 7. The van der Waals surface area contributed by atoms with Crippen molar-refractivity contribution < 1.29 is 28.4 Å². The number of primary amides is 1. The predicted molar refractivity (Wildman–Crippen MR) is 120 cm³/mol. The Labute approximate surface area is 190 Å². The summed E-state index contributed by atoms with van der Waals surface area (Å²) in [6.07, 6.45) is 2.25. The van der Waals surface area contributed by atoms with Gasteiger partial charge in [-0.3, -0.25) is 4.79 Å². The van der Waals surface area contributed by atoms with Crippen LogP contribution in [0.5, 0.6) is 5.88 Å². The monoisotopic (exact) mass is 447 g/mol. The summed E-state index contributed by atoms with van der Waals surface area (Å²) in [6, 6.07) is 1.61. The molecule has 0 atom stereocenters. The van der Waals surface area contributed by atoms with Crippen molar-refractivity contribution in [3.8, 4) is 5.88 Å². The molecular weight excluding hydrogens is 413 g/mol. The first-order chi connectivity index (χ1) is 14.7. The van der Waals surface area contributed by atoms with Crippen molar-refractivity contribution >= 4 is 24.6 Å². The summed E-state index contributed by atoms with van der Waals surface area (Å²) in [4.78, 5) is 30.4. The minimum Gasteiger partial charge on any atom is -0.474 e. The number of hydrogen-bond donors (Lipinski definition) is 1. The first-order valence-electron chi connectivity index (χ1n) is 11.0. The summed E-state index contributed by atoms with van der Waals surface area (Å²) in [5.74, 6) is -0.467. The molecule has 3 rings (SSSR count). The molecule has 32 heavy (non-hydrogen) atoms. The van der Waals surface area contributed by atoms with Crippen LogP contribution in [-0.2, 0) is 14.0 Å². The Balaban J connectivity index is 1.67. The molecule has 2 amide bonds. The van der Waals surface area contributed by atoms with Gasteiger partial charge in [-0.2, -0.15) is 0 Å². The number of ether oxygens (including phenoxy) is 2. The van der Waals surface area contributed by atoms with Crippen LogP contribution in [0.4, 0.5) is 4.79 Å². The maximum Gasteiger partial charge on any atom is 0.496 e. The van der Waals surface area contributed by atoms with Gasteiger partial charge in [0.15, 0.2) is 0 Å². The van der Waals surface area contributed by atoms with Crippen molar-refractivity contribution in [2.75, 3.05) is 13.1 Å². The maximum atomic E-state index is 12.2. The molecule has 3 heterocycles. The highest BCUT2D eigenvalue weighted by Crippen LogP contribution is 2.36. The minimum atomic E-state index is -0.656. The molecule has 2 fully saturated rings. The third-order valence-electron chi connectivity index (χ3n) is 6.04. The fraction of sp³-hybridized carbons (Fsp3) is 0.682. The van der Waals surface area contributed by atoms with Crippen molar-refractivity contribution in [1.29, 1.82) is 0 Å². The summed E-state index contributed by atoms with van der Waals surface area (Å²) in [5, 5.41) is 0. The van der Waals surface area contributed by atoms with E-state index in [0.29, 0.717) is 31.4 Å². The molecule has 0 bridgehead atoms. The Bertz CT molecular complexity index is 859. The van der Waals surface area contributed by atoms with E-state index in [1.54, 1.807) is 17.2 Å². The zero-order valence-corrected chi connectivity index (χ0v) is 20.1. The smallest absolute Gasteiger partial charge is 0.474 e. The van der Waals surface area contributed by atoms with Crippen molar-refractivity contribution in [1.82, 2.24) is 9.88 Å². The van der Waals surface area contributed by atoms with Crippen molar-refractivity contribution in [3.05, 3.63) is 17.8 Å². The first kappa shape index (κ1) is 24.3. The van der Waals surface area contributed by atoms with Gasteiger partial charge >= 0.3 is 13.2 Å². The lowest BCUT2D eigenvalue weighted by atomic mass is 9.79. The molecule has 2 saturated heterocycles. The van der Waals surface area contributed by atoms with E-state index >= 15 is 0 Å². The molecule has 0 spiro atoms. The topological polar surface area (TPSA) is 113 Å². The minimum absolute atomic E-state index is 0.173. The number of carbonyl (C=O) groups is 2. The second-order valence-corrected chi connectivity index (χ2v) is 10.4. The molecule has 2 N–H and O–H groups in total. The maximum absolute atomic E-state index is 12.2. The number of pyridine rings is 1. The fourth-order valence-corrected chi connectivity index (χ4v) is 3.49. The van der Waals surface area contributed by atoms with Crippen molar-refractivity contribution in [2.45, 2.75) is 84.2 Å². The number of amides is 2. The number of likely N-dealkylation sites (tertiary alicyclic amines) is 1. The third kappa shape index (κ3) is 5.35. The molecule has 0 radical (unpaired) electrons. The molecule has 0 saturated carbocycles. The Hall–Kier alpha value is -2.33. The van der Waals surface area contributed by atoms with Gasteiger partial charge < -0.3 is 29.4 Å². The summed E-state index contributed by atoms with van der Waals surface area (Å²) in [5.41, 5.74) is 4.82. The molecule has 10 heteroatoms. The van der Waals surface area contributed by atoms with E-state index in [-0.39, 0.29) is 23.6 Å². The van der Waals surface area contributed by atoms with E-state index < -0.39 is 29.8 Å². The lowest BCUT2D eigenvalue weighted by molar-refractivity contribution is 0.00578. The van der Waals surface area contributed by atoms with E-state index in [2.05, 4.69) is 4.98 Å². The molecular formula is C22H34BN3O6. The van der Waals surface area contributed by atoms with E-state index in [4.69, 9.17) is 24.5 Å². The van der Waals surface area contributed by atoms with Crippen LogP contribution in [0.1, 0.15) is 71.7 Å². The van der Waals surface area contributed by atoms with Crippen LogP contribution in [0, 0.1) is 0 Å². The van der Waals surface area contributed by atoms with Gasteiger partial charge in [0, 0.05) is 37.6 Å². The van der Waals surface area contributed by atoms with Crippen LogP contribution in [-0.4, -0.2) is 65.0 Å². The number of nitrogens with zero attached hydrogens (tertiary/aromatic N) is 2. The Kier molecular flexibility index (Phi) is 6.50. The molecule has 176 valence electrons. The highest BCUT2D eigenvalue weighted by atomic mass is 16.7. The Morgan fingerprint density at radius 3 is 2.22 bits per heavy atom. The van der Waals surface area contributed by atoms with Crippen LogP contribution >= 0.6 is 0 Å². The van der Waals surface area contributed by atoms with Crippen molar-refractivity contribution in [2.24, 2.45) is 5.73 Å². The predicted octanol–water partition coefficient (Wildman–Crippen LogP) is 2.26. The fourth-order valence-electron chi connectivity index (χ4n) is 3.49. The van der Waals surface area contributed by atoms with Gasteiger partial charge in [0.2, 0.25) is 5.88 Å². The highest BCUT2D eigenvalue weighted by molar-refractivity contribution is 6.62. The molecule has 9 nitrogen and oxygen atoms in total. The van der Waals surface area contributed by atoms with E-state index in [1.165, 1.54) is 0 Å². The summed E-state index contributed by atoms with van der Waals surface area (Å²) in [6.45, 7) is 14.3. The zero-order valence-electron chi connectivity index (χ0n) is 20.1. The van der Waals surface area contributed by atoms with Crippen LogP contribution in [0.25, 0.3) is 0 Å². The summed E-state index contributed by atoms with van der Waals surface area (Å²) in [7, 11) is -0.656. The van der Waals surface area contributed by atoms with Gasteiger partial charge in [-0.1, -0.05) is 0 Å². The Morgan fingerprint density at radius 2 is 1.72 bits per heavy atom. The van der Waals surface area contributed by atoms with E-state index in [1.807, 2.05) is 48.5 Å². The van der Waals surface area contributed by atoms with Gasteiger partial charge in [-0.15, -0.1) is 0 Å². The first-order valence-corrected chi connectivity index (χ1v) is 11.0. The summed E-state index contributed by atoms with van der Waals surface area (Å²) >= 11 is 0. The second kappa shape index (κ2) is 8.55. The Morgan fingerprint density at radius 1 is 1.16 bits per heavy atom.